The maximum Gasteiger partial charge on any atom is 0.309 e. The van der Waals surface area contributed by atoms with E-state index in [4.69, 9.17) is 5.26 Å². The Hall–Kier alpha value is -2.15. The van der Waals surface area contributed by atoms with Crippen LogP contribution in [-0.4, -0.2) is 19.4 Å². The number of hydrogen-bond acceptors (Lipinski definition) is 4. The van der Waals surface area contributed by atoms with Gasteiger partial charge in [0, 0.05) is 5.56 Å². The number of carbonyl (C=O) groups is 2. The van der Waals surface area contributed by atoms with Gasteiger partial charge in [0.15, 0.2) is 6.29 Å². The number of carbonyl (C=O) groups excluding carboxylic acids is 2. The molecule has 0 atom stereocenters. The Balaban J connectivity index is 3.23. The SMILES string of the molecule is CCc1cc(CC(=O)OC)cc(C#N)c1C=O. The van der Waals surface area contributed by atoms with E-state index in [2.05, 4.69) is 4.74 Å². The van der Waals surface area contributed by atoms with Crippen LogP contribution in [0.1, 0.15) is 34.0 Å². The summed E-state index contributed by atoms with van der Waals surface area (Å²) in [7, 11) is 1.31. The Morgan fingerprint density at radius 2 is 2.24 bits per heavy atom. The second-order valence-electron chi connectivity index (χ2n) is 3.55. The van der Waals surface area contributed by atoms with Gasteiger partial charge in [0.25, 0.3) is 0 Å². The molecule has 0 radical (unpaired) electrons. The monoisotopic (exact) mass is 231 g/mol. The summed E-state index contributed by atoms with van der Waals surface area (Å²) in [5.41, 5.74) is 2.18. The summed E-state index contributed by atoms with van der Waals surface area (Å²) in [5, 5.41) is 8.96. The minimum Gasteiger partial charge on any atom is -0.469 e. The summed E-state index contributed by atoms with van der Waals surface area (Å²) in [6.45, 7) is 1.89. The first kappa shape index (κ1) is 12.9. The molecule has 17 heavy (non-hydrogen) atoms. The largest absolute Gasteiger partial charge is 0.469 e. The van der Waals surface area contributed by atoms with Crippen molar-refractivity contribution in [3.05, 3.63) is 34.4 Å². The lowest BCUT2D eigenvalue weighted by Gasteiger charge is -2.07. The highest BCUT2D eigenvalue weighted by molar-refractivity contribution is 5.82. The lowest BCUT2D eigenvalue weighted by atomic mass is 9.96. The van der Waals surface area contributed by atoms with E-state index in [0.717, 1.165) is 5.56 Å². The van der Waals surface area contributed by atoms with E-state index in [1.54, 1.807) is 12.1 Å². The number of nitrogens with zero attached hydrogens (tertiary/aromatic N) is 1. The third-order valence-corrected chi connectivity index (χ3v) is 2.52. The smallest absolute Gasteiger partial charge is 0.309 e. The number of aryl methyl sites for hydroxylation is 1. The quantitative estimate of drug-likeness (QED) is 0.583. The predicted molar refractivity (Wildman–Crippen MR) is 61.6 cm³/mol. The van der Waals surface area contributed by atoms with Crippen LogP contribution in [-0.2, 0) is 22.4 Å². The minimum absolute atomic E-state index is 0.108. The summed E-state index contributed by atoms with van der Waals surface area (Å²) in [6.07, 6.45) is 1.42. The van der Waals surface area contributed by atoms with E-state index in [9.17, 15) is 9.59 Å². The molecule has 0 aliphatic rings. The van der Waals surface area contributed by atoms with Gasteiger partial charge >= 0.3 is 5.97 Å². The number of hydrogen-bond donors (Lipinski definition) is 0. The van der Waals surface area contributed by atoms with Crippen LogP contribution in [0.25, 0.3) is 0 Å². The van der Waals surface area contributed by atoms with Crippen LogP contribution >= 0.6 is 0 Å². The number of ether oxygens (including phenoxy) is 1. The maximum atomic E-state index is 11.2. The van der Waals surface area contributed by atoms with Gasteiger partial charge in [-0.3, -0.25) is 9.59 Å². The third-order valence-electron chi connectivity index (χ3n) is 2.52. The second kappa shape index (κ2) is 5.80. The molecule has 0 spiro atoms. The molecule has 0 aromatic heterocycles. The first-order valence-corrected chi connectivity index (χ1v) is 5.24. The molecule has 0 amide bonds. The van der Waals surface area contributed by atoms with Crippen molar-refractivity contribution in [2.75, 3.05) is 7.11 Å². The number of methoxy groups -OCH3 is 1. The van der Waals surface area contributed by atoms with E-state index < -0.39 is 0 Å². The number of aldehydes is 1. The molecular weight excluding hydrogens is 218 g/mol. The molecule has 1 aromatic rings. The van der Waals surface area contributed by atoms with Gasteiger partial charge in [-0.2, -0.15) is 5.26 Å². The van der Waals surface area contributed by atoms with Crippen LogP contribution in [0.15, 0.2) is 12.1 Å². The molecule has 1 aromatic carbocycles. The van der Waals surface area contributed by atoms with Crippen molar-refractivity contribution >= 4 is 12.3 Å². The predicted octanol–water partition coefficient (Wildman–Crippen LogP) is 1.65. The number of rotatable bonds is 4. The van der Waals surface area contributed by atoms with E-state index in [1.165, 1.54) is 7.11 Å². The Kier molecular flexibility index (Phi) is 4.41. The lowest BCUT2D eigenvalue weighted by Crippen LogP contribution is -2.06. The zero-order valence-corrected chi connectivity index (χ0v) is 9.82. The second-order valence-corrected chi connectivity index (χ2v) is 3.55. The molecule has 88 valence electrons. The average molecular weight is 231 g/mol. The molecule has 0 aliphatic carbocycles. The average Bonchev–Trinajstić information content (AvgIpc) is 2.37. The number of benzene rings is 1. The summed E-state index contributed by atoms with van der Waals surface area (Å²) >= 11 is 0. The number of esters is 1. The van der Waals surface area contributed by atoms with Crippen molar-refractivity contribution in [1.29, 1.82) is 5.26 Å². The summed E-state index contributed by atoms with van der Waals surface area (Å²) in [6, 6.07) is 5.29. The van der Waals surface area contributed by atoms with E-state index in [-0.39, 0.29) is 12.4 Å². The molecule has 0 saturated heterocycles. The Morgan fingerprint density at radius 1 is 1.53 bits per heavy atom. The molecule has 0 N–H and O–H groups in total. The molecule has 0 aliphatic heterocycles. The highest BCUT2D eigenvalue weighted by Gasteiger charge is 2.11. The van der Waals surface area contributed by atoms with Crippen molar-refractivity contribution in [3.63, 3.8) is 0 Å². The first-order valence-electron chi connectivity index (χ1n) is 5.24. The number of nitriles is 1. The van der Waals surface area contributed by atoms with Crippen molar-refractivity contribution in [1.82, 2.24) is 0 Å². The van der Waals surface area contributed by atoms with Crippen LogP contribution in [0.5, 0.6) is 0 Å². The zero-order chi connectivity index (χ0) is 12.8. The van der Waals surface area contributed by atoms with Gasteiger partial charge in [0.2, 0.25) is 0 Å². The summed E-state index contributed by atoms with van der Waals surface area (Å²) in [5.74, 6) is -0.366. The molecule has 0 fully saturated rings. The fourth-order valence-corrected chi connectivity index (χ4v) is 1.64. The molecule has 0 saturated carbocycles. The van der Waals surface area contributed by atoms with Gasteiger partial charge in [-0.15, -0.1) is 0 Å². The highest BCUT2D eigenvalue weighted by atomic mass is 16.5. The third kappa shape index (κ3) is 2.91. The molecular formula is C13H13NO3. The van der Waals surface area contributed by atoms with Crippen molar-refractivity contribution in [2.45, 2.75) is 19.8 Å². The van der Waals surface area contributed by atoms with Crippen LogP contribution in [0.2, 0.25) is 0 Å². The lowest BCUT2D eigenvalue weighted by molar-refractivity contribution is -0.139. The van der Waals surface area contributed by atoms with Gasteiger partial charge in [0.1, 0.15) is 0 Å². The summed E-state index contributed by atoms with van der Waals surface area (Å²) < 4.78 is 4.57. The van der Waals surface area contributed by atoms with E-state index >= 15 is 0 Å². The Labute approximate surface area is 99.8 Å². The Bertz CT molecular complexity index is 486. The molecule has 0 unspecified atom stereocenters. The molecule has 4 heteroatoms. The topological polar surface area (TPSA) is 67.2 Å². The van der Waals surface area contributed by atoms with Gasteiger partial charge in [-0.25, -0.2) is 0 Å². The maximum absolute atomic E-state index is 11.2. The van der Waals surface area contributed by atoms with Gasteiger partial charge in [0.05, 0.1) is 25.2 Å². The van der Waals surface area contributed by atoms with Crippen molar-refractivity contribution < 1.29 is 14.3 Å². The molecule has 0 heterocycles. The van der Waals surface area contributed by atoms with Gasteiger partial charge < -0.3 is 4.74 Å². The highest BCUT2D eigenvalue weighted by Crippen LogP contribution is 2.17. The molecule has 0 bridgehead atoms. The van der Waals surface area contributed by atoms with Crippen LogP contribution in [0, 0.1) is 11.3 Å². The Morgan fingerprint density at radius 3 is 2.71 bits per heavy atom. The standard InChI is InChI=1S/C13H13NO3/c1-3-10-4-9(6-13(16)17-2)5-11(7-14)12(10)8-15/h4-5,8H,3,6H2,1-2H3. The fourth-order valence-electron chi connectivity index (χ4n) is 1.64. The van der Waals surface area contributed by atoms with Crippen LogP contribution < -0.4 is 0 Å². The van der Waals surface area contributed by atoms with E-state index in [1.807, 2.05) is 13.0 Å². The molecule has 4 nitrogen and oxygen atoms in total. The van der Waals surface area contributed by atoms with Gasteiger partial charge in [-0.1, -0.05) is 13.0 Å². The normalized spacial score (nSPS) is 9.47. The van der Waals surface area contributed by atoms with Crippen molar-refractivity contribution in [2.24, 2.45) is 0 Å². The van der Waals surface area contributed by atoms with Gasteiger partial charge in [-0.05, 0) is 23.6 Å². The van der Waals surface area contributed by atoms with E-state index in [0.29, 0.717) is 29.4 Å². The minimum atomic E-state index is -0.366. The van der Waals surface area contributed by atoms with Crippen LogP contribution in [0.3, 0.4) is 0 Å². The molecule has 1 rings (SSSR count). The van der Waals surface area contributed by atoms with Crippen molar-refractivity contribution in [3.8, 4) is 6.07 Å². The van der Waals surface area contributed by atoms with Crippen LogP contribution in [0.4, 0.5) is 0 Å². The fraction of sp³-hybridized carbons (Fsp3) is 0.308. The first-order chi connectivity index (χ1) is 8.15. The zero-order valence-electron chi connectivity index (χ0n) is 9.82. The summed E-state index contributed by atoms with van der Waals surface area (Å²) in [4.78, 5) is 22.1.